The second-order valence-electron chi connectivity index (χ2n) is 5.94. The van der Waals surface area contributed by atoms with Gasteiger partial charge in [-0.1, -0.05) is 32.1 Å². The average molecular weight is 241 g/mol. The van der Waals surface area contributed by atoms with Gasteiger partial charge in [0.05, 0.1) is 12.2 Å². The van der Waals surface area contributed by atoms with Crippen LogP contribution in [0.15, 0.2) is 0 Å². The lowest BCUT2D eigenvalue weighted by atomic mass is 9.84. The summed E-state index contributed by atoms with van der Waals surface area (Å²) in [5, 5.41) is 20.1. The van der Waals surface area contributed by atoms with Crippen molar-refractivity contribution in [2.24, 2.45) is 0 Å². The van der Waals surface area contributed by atoms with Crippen LogP contribution in [0.25, 0.3) is 0 Å². The lowest BCUT2D eigenvalue weighted by molar-refractivity contribution is -0.0405. The van der Waals surface area contributed by atoms with Crippen LogP contribution in [0.2, 0.25) is 0 Å². The molecule has 0 amide bonds. The number of aliphatic hydroxyl groups is 2. The van der Waals surface area contributed by atoms with E-state index >= 15 is 0 Å². The Morgan fingerprint density at radius 3 is 2.41 bits per heavy atom. The van der Waals surface area contributed by atoms with E-state index in [1.165, 1.54) is 25.7 Å². The standard InChI is InChI=1S/C14H27NO2/c16-11-13-7-3-1-6-10-15(13)12-14(17)8-4-2-5-9-14/h13,16-17H,1-12H2. The van der Waals surface area contributed by atoms with E-state index in [-0.39, 0.29) is 12.6 Å². The zero-order valence-corrected chi connectivity index (χ0v) is 10.9. The second kappa shape index (κ2) is 6.17. The van der Waals surface area contributed by atoms with Gasteiger partial charge >= 0.3 is 0 Å². The highest BCUT2D eigenvalue weighted by atomic mass is 16.3. The van der Waals surface area contributed by atoms with Crippen molar-refractivity contribution in [1.29, 1.82) is 0 Å². The van der Waals surface area contributed by atoms with E-state index in [1.54, 1.807) is 0 Å². The Labute approximate surface area is 105 Å². The van der Waals surface area contributed by atoms with Crippen molar-refractivity contribution >= 4 is 0 Å². The lowest BCUT2D eigenvalue weighted by Crippen LogP contribution is -2.49. The number of hydrogen-bond donors (Lipinski definition) is 2. The van der Waals surface area contributed by atoms with E-state index in [0.717, 1.165) is 45.2 Å². The number of hydrogen-bond acceptors (Lipinski definition) is 3. The van der Waals surface area contributed by atoms with Crippen LogP contribution >= 0.6 is 0 Å². The van der Waals surface area contributed by atoms with Crippen molar-refractivity contribution in [3.63, 3.8) is 0 Å². The van der Waals surface area contributed by atoms with E-state index in [0.29, 0.717) is 0 Å². The zero-order valence-electron chi connectivity index (χ0n) is 10.9. The summed E-state index contributed by atoms with van der Waals surface area (Å²) >= 11 is 0. The molecular weight excluding hydrogens is 214 g/mol. The molecule has 100 valence electrons. The van der Waals surface area contributed by atoms with Crippen molar-refractivity contribution < 1.29 is 10.2 Å². The quantitative estimate of drug-likeness (QED) is 0.793. The summed E-state index contributed by atoms with van der Waals surface area (Å²) in [5.74, 6) is 0. The summed E-state index contributed by atoms with van der Waals surface area (Å²) in [7, 11) is 0. The molecule has 1 heterocycles. The van der Waals surface area contributed by atoms with Crippen LogP contribution < -0.4 is 0 Å². The summed E-state index contributed by atoms with van der Waals surface area (Å²) < 4.78 is 0. The van der Waals surface area contributed by atoms with E-state index in [1.807, 2.05) is 0 Å². The predicted molar refractivity (Wildman–Crippen MR) is 68.9 cm³/mol. The Balaban J connectivity index is 1.93. The highest BCUT2D eigenvalue weighted by Gasteiger charge is 2.33. The van der Waals surface area contributed by atoms with E-state index < -0.39 is 5.60 Å². The Bertz CT molecular complexity index is 226. The Morgan fingerprint density at radius 1 is 1.00 bits per heavy atom. The van der Waals surface area contributed by atoms with Crippen LogP contribution in [0.3, 0.4) is 0 Å². The fourth-order valence-corrected chi connectivity index (χ4v) is 3.40. The molecule has 0 spiro atoms. The van der Waals surface area contributed by atoms with E-state index in [4.69, 9.17) is 0 Å². The maximum Gasteiger partial charge on any atom is 0.0774 e. The van der Waals surface area contributed by atoms with Gasteiger partial charge in [-0.3, -0.25) is 4.90 Å². The van der Waals surface area contributed by atoms with Crippen molar-refractivity contribution in [2.45, 2.75) is 69.4 Å². The van der Waals surface area contributed by atoms with Crippen LogP contribution in [-0.2, 0) is 0 Å². The first-order valence-corrected chi connectivity index (χ1v) is 7.31. The topological polar surface area (TPSA) is 43.7 Å². The van der Waals surface area contributed by atoms with Crippen LogP contribution in [-0.4, -0.2) is 46.5 Å². The van der Waals surface area contributed by atoms with Gasteiger partial charge in [0.2, 0.25) is 0 Å². The van der Waals surface area contributed by atoms with Gasteiger partial charge in [-0.05, 0) is 32.2 Å². The smallest absolute Gasteiger partial charge is 0.0774 e. The Kier molecular flexibility index (Phi) is 4.83. The molecule has 1 aliphatic carbocycles. The molecule has 0 aromatic rings. The van der Waals surface area contributed by atoms with Crippen LogP contribution in [0, 0.1) is 0 Å². The largest absolute Gasteiger partial charge is 0.395 e. The third-order valence-electron chi connectivity index (χ3n) is 4.49. The molecule has 0 bridgehead atoms. The number of β-amino-alcohol motifs (C(OH)–C–C–N with tert-alkyl or cyclic N) is 1. The van der Waals surface area contributed by atoms with Gasteiger partial charge in [-0.25, -0.2) is 0 Å². The van der Waals surface area contributed by atoms with E-state index in [9.17, 15) is 10.2 Å². The van der Waals surface area contributed by atoms with E-state index in [2.05, 4.69) is 4.90 Å². The first-order valence-electron chi connectivity index (χ1n) is 7.31. The van der Waals surface area contributed by atoms with Gasteiger partial charge in [-0.2, -0.15) is 0 Å². The Hall–Kier alpha value is -0.120. The Morgan fingerprint density at radius 2 is 1.71 bits per heavy atom. The molecule has 1 atom stereocenters. The molecule has 0 aromatic carbocycles. The van der Waals surface area contributed by atoms with Crippen LogP contribution in [0.1, 0.15) is 57.8 Å². The molecule has 1 aliphatic heterocycles. The highest BCUT2D eigenvalue weighted by molar-refractivity contribution is 4.88. The van der Waals surface area contributed by atoms with Gasteiger partial charge in [0.25, 0.3) is 0 Å². The molecular formula is C14H27NO2. The molecule has 1 saturated heterocycles. The highest BCUT2D eigenvalue weighted by Crippen LogP contribution is 2.30. The second-order valence-corrected chi connectivity index (χ2v) is 5.94. The first-order chi connectivity index (χ1) is 8.23. The molecule has 17 heavy (non-hydrogen) atoms. The molecule has 3 nitrogen and oxygen atoms in total. The minimum absolute atomic E-state index is 0.246. The molecule has 0 radical (unpaired) electrons. The molecule has 0 aromatic heterocycles. The third kappa shape index (κ3) is 3.67. The summed E-state index contributed by atoms with van der Waals surface area (Å²) in [6.07, 6.45) is 10.3. The normalized spacial score (nSPS) is 31.1. The van der Waals surface area contributed by atoms with Gasteiger partial charge in [-0.15, -0.1) is 0 Å². The van der Waals surface area contributed by atoms with Gasteiger partial charge in [0.15, 0.2) is 0 Å². The number of rotatable bonds is 3. The van der Waals surface area contributed by atoms with Crippen molar-refractivity contribution in [3.05, 3.63) is 0 Å². The van der Waals surface area contributed by atoms with Crippen LogP contribution in [0.4, 0.5) is 0 Å². The number of aliphatic hydroxyl groups excluding tert-OH is 1. The number of likely N-dealkylation sites (tertiary alicyclic amines) is 1. The summed E-state index contributed by atoms with van der Waals surface area (Å²) in [6, 6.07) is 0.281. The molecule has 1 saturated carbocycles. The van der Waals surface area contributed by atoms with Crippen molar-refractivity contribution in [3.8, 4) is 0 Å². The summed E-state index contributed by atoms with van der Waals surface area (Å²) in [5.41, 5.74) is -0.476. The lowest BCUT2D eigenvalue weighted by Gasteiger charge is -2.39. The maximum atomic E-state index is 10.6. The summed E-state index contributed by atoms with van der Waals surface area (Å²) in [6.45, 7) is 2.07. The van der Waals surface area contributed by atoms with Crippen molar-refractivity contribution in [2.75, 3.05) is 19.7 Å². The number of nitrogens with zero attached hydrogens (tertiary/aromatic N) is 1. The fraction of sp³-hybridized carbons (Fsp3) is 1.00. The minimum atomic E-state index is -0.476. The minimum Gasteiger partial charge on any atom is -0.395 e. The molecule has 1 unspecified atom stereocenters. The molecule has 3 heteroatoms. The summed E-state index contributed by atoms with van der Waals surface area (Å²) in [4.78, 5) is 2.35. The molecule has 2 fully saturated rings. The SMILES string of the molecule is OCC1CCCCCN1CC1(O)CCCCC1. The van der Waals surface area contributed by atoms with Crippen molar-refractivity contribution in [1.82, 2.24) is 4.90 Å². The average Bonchev–Trinajstić information content (AvgIpc) is 2.54. The molecule has 2 aliphatic rings. The van der Waals surface area contributed by atoms with Crippen LogP contribution in [0.5, 0.6) is 0 Å². The fourth-order valence-electron chi connectivity index (χ4n) is 3.40. The maximum absolute atomic E-state index is 10.6. The zero-order chi connectivity index (χ0) is 12.1. The predicted octanol–water partition coefficient (Wildman–Crippen LogP) is 1.92. The first kappa shape index (κ1) is 13.3. The van der Waals surface area contributed by atoms with Gasteiger partial charge < -0.3 is 10.2 Å². The molecule has 2 N–H and O–H groups in total. The molecule has 2 rings (SSSR count). The van der Waals surface area contributed by atoms with Gasteiger partial charge in [0, 0.05) is 12.6 Å². The monoisotopic (exact) mass is 241 g/mol. The third-order valence-corrected chi connectivity index (χ3v) is 4.49. The van der Waals surface area contributed by atoms with Gasteiger partial charge in [0.1, 0.15) is 0 Å².